The van der Waals surface area contributed by atoms with Gasteiger partial charge >= 0.3 is 5.97 Å². The molecule has 86 valence electrons. The van der Waals surface area contributed by atoms with Gasteiger partial charge in [0.2, 0.25) is 5.88 Å². The van der Waals surface area contributed by atoms with Crippen LogP contribution in [0.1, 0.15) is 23.2 Å². The molecule has 0 spiro atoms. The van der Waals surface area contributed by atoms with Crippen molar-refractivity contribution < 1.29 is 14.6 Å². The van der Waals surface area contributed by atoms with Crippen molar-refractivity contribution in [3.8, 4) is 5.88 Å². The molecule has 5 heteroatoms. The lowest BCUT2D eigenvalue weighted by Gasteiger charge is -2.05. The summed E-state index contributed by atoms with van der Waals surface area (Å²) in [4.78, 5) is 14.6. The Morgan fingerprint density at radius 1 is 1.69 bits per heavy atom. The Morgan fingerprint density at radius 2 is 2.44 bits per heavy atom. The third kappa shape index (κ3) is 3.55. The van der Waals surface area contributed by atoms with E-state index < -0.39 is 5.97 Å². The van der Waals surface area contributed by atoms with Crippen molar-refractivity contribution in [2.24, 2.45) is 0 Å². The summed E-state index contributed by atoms with van der Waals surface area (Å²) in [5, 5.41) is 8.92. The number of halogens is 1. The Balaban J connectivity index is 2.64. The van der Waals surface area contributed by atoms with Gasteiger partial charge in [-0.1, -0.05) is 17.7 Å². The summed E-state index contributed by atoms with van der Waals surface area (Å²) in [6, 6.07) is 1.32. The molecule has 0 fully saturated rings. The van der Waals surface area contributed by atoms with Crippen molar-refractivity contribution in [3.63, 3.8) is 0 Å². The van der Waals surface area contributed by atoms with Crippen LogP contribution in [0.2, 0.25) is 5.02 Å². The van der Waals surface area contributed by atoms with Gasteiger partial charge in [0.05, 0.1) is 23.4 Å². The molecular weight excluding hydrogens is 230 g/mol. The zero-order valence-electron chi connectivity index (χ0n) is 8.65. The molecule has 0 saturated carbocycles. The Bertz CT molecular complexity index is 393. The number of unbranched alkanes of at least 4 members (excludes halogenated alkanes) is 1. The van der Waals surface area contributed by atoms with Crippen LogP contribution < -0.4 is 4.74 Å². The van der Waals surface area contributed by atoms with Crippen LogP contribution in [0.5, 0.6) is 5.88 Å². The number of pyridine rings is 1. The van der Waals surface area contributed by atoms with E-state index in [1.165, 1.54) is 12.3 Å². The standard InChI is InChI=1S/C11H12ClNO3/c1-2-3-4-5-16-10-6-8(11(14)15)9(12)7-13-10/h2,6-7H,1,3-5H2,(H,14,15). The van der Waals surface area contributed by atoms with Gasteiger partial charge in [-0.2, -0.15) is 0 Å². The molecule has 0 saturated heterocycles. The summed E-state index contributed by atoms with van der Waals surface area (Å²) in [5.41, 5.74) is -0.00427. The van der Waals surface area contributed by atoms with Gasteiger partial charge in [-0.15, -0.1) is 6.58 Å². The summed E-state index contributed by atoms with van der Waals surface area (Å²) < 4.78 is 5.27. The van der Waals surface area contributed by atoms with Crippen LogP contribution in [0.4, 0.5) is 0 Å². The van der Waals surface area contributed by atoms with Crippen molar-refractivity contribution >= 4 is 17.6 Å². The first-order chi connectivity index (χ1) is 7.65. The van der Waals surface area contributed by atoms with E-state index in [9.17, 15) is 4.79 Å². The number of aromatic nitrogens is 1. The Morgan fingerprint density at radius 3 is 3.06 bits per heavy atom. The number of carboxylic acids is 1. The average molecular weight is 242 g/mol. The third-order valence-electron chi connectivity index (χ3n) is 1.86. The quantitative estimate of drug-likeness (QED) is 0.615. The van der Waals surface area contributed by atoms with Crippen LogP contribution in [0.3, 0.4) is 0 Å². The lowest BCUT2D eigenvalue weighted by Crippen LogP contribution is -2.02. The van der Waals surface area contributed by atoms with Crippen molar-refractivity contribution in [1.82, 2.24) is 4.98 Å². The highest BCUT2D eigenvalue weighted by Gasteiger charge is 2.10. The molecule has 0 atom stereocenters. The van der Waals surface area contributed by atoms with Gasteiger partial charge in [-0.05, 0) is 12.8 Å². The summed E-state index contributed by atoms with van der Waals surface area (Å²) in [6.45, 7) is 4.06. The molecule has 0 aliphatic heterocycles. The molecular formula is C11H12ClNO3. The largest absolute Gasteiger partial charge is 0.478 e. The van der Waals surface area contributed by atoms with E-state index in [0.717, 1.165) is 12.8 Å². The minimum atomic E-state index is -1.09. The normalized spacial score (nSPS) is 9.81. The molecule has 4 nitrogen and oxygen atoms in total. The fourth-order valence-corrected chi connectivity index (χ4v) is 1.25. The number of hydrogen-bond acceptors (Lipinski definition) is 3. The second-order valence-electron chi connectivity index (χ2n) is 3.09. The maximum Gasteiger partial charge on any atom is 0.337 e. The molecule has 0 aliphatic carbocycles. The number of carboxylic acid groups (broad SMARTS) is 1. The van der Waals surface area contributed by atoms with E-state index in [-0.39, 0.29) is 16.5 Å². The smallest absolute Gasteiger partial charge is 0.337 e. The second kappa shape index (κ2) is 6.12. The molecule has 1 aromatic rings. The van der Waals surface area contributed by atoms with Gasteiger partial charge in [-0.3, -0.25) is 0 Å². The molecule has 0 unspecified atom stereocenters. The topological polar surface area (TPSA) is 59.4 Å². The number of rotatable bonds is 6. The van der Waals surface area contributed by atoms with Gasteiger partial charge in [0, 0.05) is 6.07 Å². The number of hydrogen-bond donors (Lipinski definition) is 1. The predicted octanol–water partition coefficient (Wildman–Crippen LogP) is 2.78. The number of aromatic carboxylic acids is 1. The third-order valence-corrected chi connectivity index (χ3v) is 2.16. The minimum Gasteiger partial charge on any atom is -0.478 e. The van der Waals surface area contributed by atoms with Crippen molar-refractivity contribution in [1.29, 1.82) is 0 Å². The lowest BCUT2D eigenvalue weighted by atomic mass is 10.3. The zero-order valence-corrected chi connectivity index (χ0v) is 9.41. The van der Waals surface area contributed by atoms with Crippen LogP contribution in [0, 0.1) is 0 Å². The number of nitrogens with zero attached hydrogens (tertiary/aromatic N) is 1. The second-order valence-corrected chi connectivity index (χ2v) is 3.49. The van der Waals surface area contributed by atoms with E-state index >= 15 is 0 Å². The number of allylic oxidation sites excluding steroid dienone is 1. The highest BCUT2D eigenvalue weighted by molar-refractivity contribution is 6.33. The van der Waals surface area contributed by atoms with Crippen LogP contribution in [-0.4, -0.2) is 22.7 Å². The Labute approximate surface area is 98.5 Å². The molecule has 0 bridgehead atoms. The first-order valence-electron chi connectivity index (χ1n) is 4.77. The average Bonchev–Trinajstić information content (AvgIpc) is 2.26. The van der Waals surface area contributed by atoms with E-state index in [1.54, 1.807) is 6.08 Å². The van der Waals surface area contributed by atoms with Gasteiger partial charge < -0.3 is 9.84 Å². The molecule has 0 radical (unpaired) electrons. The summed E-state index contributed by atoms with van der Waals surface area (Å²) in [5.74, 6) is -0.825. The summed E-state index contributed by atoms with van der Waals surface area (Å²) in [6.07, 6.45) is 4.73. The van der Waals surface area contributed by atoms with E-state index in [0.29, 0.717) is 6.61 Å². The molecule has 0 aromatic carbocycles. The van der Waals surface area contributed by atoms with Crippen LogP contribution >= 0.6 is 11.6 Å². The van der Waals surface area contributed by atoms with Crippen LogP contribution in [0.25, 0.3) is 0 Å². The maximum absolute atomic E-state index is 10.8. The minimum absolute atomic E-state index is 0.00427. The van der Waals surface area contributed by atoms with E-state index in [2.05, 4.69) is 11.6 Å². The summed E-state index contributed by atoms with van der Waals surface area (Å²) >= 11 is 5.66. The Kier molecular flexibility index (Phi) is 4.79. The predicted molar refractivity (Wildman–Crippen MR) is 61.1 cm³/mol. The monoisotopic (exact) mass is 241 g/mol. The van der Waals surface area contributed by atoms with Crippen molar-refractivity contribution in [2.45, 2.75) is 12.8 Å². The van der Waals surface area contributed by atoms with Gasteiger partial charge in [0.1, 0.15) is 0 Å². The maximum atomic E-state index is 10.8. The fraction of sp³-hybridized carbons (Fsp3) is 0.273. The van der Waals surface area contributed by atoms with Crippen molar-refractivity contribution in [2.75, 3.05) is 6.61 Å². The molecule has 0 aliphatic rings. The van der Waals surface area contributed by atoms with E-state index in [1.807, 2.05) is 0 Å². The molecule has 1 N–H and O–H groups in total. The van der Waals surface area contributed by atoms with Gasteiger partial charge in [-0.25, -0.2) is 9.78 Å². The lowest BCUT2D eigenvalue weighted by molar-refractivity contribution is 0.0696. The number of carbonyl (C=O) groups is 1. The summed E-state index contributed by atoms with van der Waals surface area (Å²) in [7, 11) is 0. The molecule has 1 rings (SSSR count). The SMILES string of the molecule is C=CCCCOc1cc(C(=O)O)c(Cl)cn1. The van der Waals surface area contributed by atoms with E-state index in [4.69, 9.17) is 21.4 Å². The first kappa shape index (κ1) is 12.5. The molecule has 1 heterocycles. The van der Waals surface area contributed by atoms with Crippen LogP contribution in [-0.2, 0) is 0 Å². The molecule has 1 aromatic heterocycles. The first-order valence-corrected chi connectivity index (χ1v) is 5.15. The zero-order chi connectivity index (χ0) is 12.0. The number of ether oxygens (including phenoxy) is 1. The molecule has 0 amide bonds. The van der Waals surface area contributed by atoms with Gasteiger partial charge in [0.25, 0.3) is 0 Å². The highest BCUT2D eigenvalue weighted by atomic mass is 35.5. The Hall–Kier alpha value is -1.55. The van der Waals surface area contributed by atoms with Crippen molar-refractivity contribution in [3.05, 3.63) is 35.5 Å². The fourth-order valence-electron chi connectivity index (χ4n) is 1.07. The molecule has 16 heavy (non-hydrogen) atoms. The van der Waals surface area contributed by atoms with Crippen LogP contribution in [0.15, 0.2) is 24.9 Å². The van der Waals surface area contributed by atoms with Gasteiger partial charge in [0.15, 0.2) is 0 Å². The highest BCUT2D eigenvalue weighted by Crippen LogP contribution is 2.19.